The molecule has 28 heavy (non-hydrogen) atoms. The van der Waals surface area contributed by atoms with E-state index in [0.717, 1.165) is 16.2 Å². The fraction of sp³-hybridized carbons (Fsp3) is 0.167. The number of methoxy groups -OCH3 is 2. The Kier molecular flexibility index (Phi) is 4.92. The molecule has 144 valence electrons. The van der Waals surface area contributed by atoms with Gasteiger partial charge in [0.05, 0.1) is 31.7 Å². The van der Waals surface area contributed by atoms with Gasteiger partial charge >= 0.3 is 0 Å². The second-order valence-corrected chi connectivity index (χ2v) is 8.50. The average molecular weight is 434 g/mol. The van der Waals surface area contributed by atoms with Gasteiger partial charge in [-0.05, 0) is 29.7 Å². The van der Waals surface area contributed by atoms with E-state index in [2.05, 4.69) is 10.3 Å². The second kappa shape index (κ2) is 7.38. The van der Waals surface area contributed by atoms with Gasteiger partial charge < -0.3 is 19.8 Å². The molecule has 1 amide bonds. The highest BCUT2D eigenvalue weighted by Gasteiger charge is 2.19. The molecule has 0 saturated heterocycles. The fourth-order valence-electron chi connectivity index (χ4n) is 2.93. The molecule has 0 aliphatic rings. The average Bonchev–Trinajstić information content (AvgIpc) is 3.33. The maximum absolute atomic E-state index is 12.7. The van der Waals surface area contributed by atoms with Gasteiger partial charge in [-0.1, -0.05) is 17.4 Å². The summed E-state index contributed by atoms with van der Waals surface area (Å²) in [6.07, 6.45) is 0. The van der Waals surface area contributed by atoms with Gasteiger partial charge in [0.1, 0.15) is 10.5 Å². The summed E-state index contributed by atoms with van der Waals surface area (Å²) in [5, 5.41) is 5.21. The monoisotopic (exact) mass is 433 g/mol. The zero-order valence-electron chi connectivity index (χ0n) is 14.9. The molecule has 3 heterocycles. The first-order valence-electron chi connectivity index (χ1n) is 8.17. The third-order valence-electron chi connectivity index (χ3n) is 4.24. The first-order chi connectivity index (χ1) is 13.5. The molecule has 0 aliphatic carbocycles. The first kappa shape index (κ1) is 18.7. The zero-order valence-corrected chi connectivity index (χ0v) is 17.3. The molecule has 2 N–H and O–H groups in total. The van der Waals surface area contributed by atoms with E-state index in [1.807, 2.05) is 17.5 Å². The lowest BCUT2D eigenvalue weighted by molar-refractivity contribution is 0.0956. The van der Waals surface area contributed by atoms with E-state index < -0.39 is 0 Å². The summed E-state index contributed by atoms with van der Waals surface area (Å²) in [5.74, 6) is 0.622. The van der Waals surface area contributed by atoms with Gasteiger partial charge in [-0.3, -0.25) is 14.0 Å². The molecule has 10 heteroatoms. The number of hydrogen-bond acceptors (Lipinski definition) is 7. The maximum atomic E-state index is 12.7. The third-order valence-corrected chi connectivity index (χ3v) is 6.49. The number of carbonyl (C=O) groups is 1. The Morgan fingerprint density at radius 3 is 2.71 bits per heavy atom. The molecule has 0 atom stereocenters. The number of nitrogens with zero attached hydrogens (tertiary/aromatic N) is 1. The number of aromatic amines is 1. The minimum Gasteiger partial charge on any atom is -0.493 e. The van der Waals surface area contributed by atoms with Gasteiger partial charge in [0.25, 0.3) is 11.5 Å². The number of carbonyl (C=O) groups excluding carboxylic acids is 1. The molecule has 4 rings (SSSR count). The van der Waals surface area contributed by atoms with E-state index in [0.29, 0.717) is 43.4 Å². The molecule has 3 aromatic heterocycles. The van der Waals surface area contributed by atoms with Crippen molar-refractivity contribution < 1.29 is 14.3 Å². The Bertz CT molecular complexity index is 1300. The van der Waals surface area contributed by atoms with Crippen LogP contribution in [0.15, 0.2) is 34.4 Å². The van der Waals surface area contributed by atoms with E-state index in [-0.39, 0.29) is 11.5 Å². The molecule has 7 nitrogen and oxygen atoms in total. The second-order valence-electron chi connectivity index (χ2n) is 5.82. The number of benzene rings is 1. The minimum atomic E-state index is -0.337. The van der Waals surface area contributed by atoms with Gasteiger partial charge in [-0.25, -0.2) is 0 Å². The van der Waals surface area contributed by atoms with Gasteiger partial charge in [0.2, 0.25) is 0 Å². The smallest absolute Gasteiger partial charge is 0.265 e. The van der Waals surface area contributed by atoms with Crippen molar-refractivity contribution in [2.24, 2.45) is 0 Å². The van der Waals surface area contributed by atoms with Crippen LogP contribution in [-0.2, 0) is 6.54 Å². The van der Waals surface area contributed by atoms with E-state index >= 15 is 0 Å². The summed E-state index contributed by atoms with van der Waals surface area (Å²) in [4.78, 5) is 29.6. The highest BCUT2D eigenvalue weighted by atomic mass is 32.1. The number of thiazole rings is 1. The van der Waals surface area contributed by atoms with Gasteiger partial charge in [0.15, 0.2) is 15.5 Å². The number of rotatable bonds is 5. The molecule has 0 spiro atoms. The SMILES string of the molecule is COc1cc2c(=O)[nH]c3c(C(=O)NCc4cccs4)sc(=S)n3c2cc1OC. The van der Waals surface area contributed by atoms with E-state index in [1.54, 1.807) is 27.9 Å². The number of amides is 1. The minimum absolute atomic E-state index is 0.289. The maximum Gasteiger partial charge on any atom is 0.265 e. The van der Waals surface area contributed by atoms with Gasteiger partial charge in [-0.15, -0.1) is 11.3 Å². The molecular weight excluding hydrogens is 418 g/mol. The van der Waals surface area contributed by atoms with Crippen molar-refractivity contribution in [1.29, 1.82) is 0 Å². The third kappa shape index (κ3) is 3.09. The summed E-state index contributed by atoms with van der Waals surface area (Å²) in [5.41, 5.74) is 0.578. The van der Waals surface area contributed by atoms with Crippen LogP contribution in [0.3, 0.4) is 0 Å². The summed E-state index contributed by atoms with van der Waals surface area (Å²) in [7, 11) is 3.02. The summed E-state index contributed by atoms with van der Waals surface area (Å²) in [6.45, 7) is 0.413. The number of H-pyrrole nitrogens is 1. The van der Waals surface area contributed by atoms with Crippen LogP contribution < -0.4 is 20.3 Å². The lowest BCUT2D eigenvalue weighted by Gasteiger charge is -2.10. The van der Waals surface area contributed by atoms with Crippen molar-refractivity contribution in [2.75, 3.05) is 14.2 Å². The van der Waals surface area contributed by atoms with Crippen molar-refractivity contribution in [3.05, 3.63) is 53.7 Å². The molecular formula is C18H15N3O4S3. The van der Waals surface area contributed by atoms with Crippen LogP contribution in [-0.4, -0.2) is 29.5 Å². The fourth-order valence-corrected chi connectivity index (χ4v) is 4.87. The summed E-state index contributed by atoms with van der Waals surface area (Å²) >= 11 is 8.19. The lowest BCUT2D eigenvalue weighted by Crippen LogP contribution is -2.22. The molecule has 0 fully saturated rings. The van der Waals surface area contributed by atoms with Crippen LogP contribution in [0.1, 0.15) is 14.5 Å². The van der Waals surface area contributed by atoms with Gasteiger partial charge in [-0.2, -0.15) is 0 Å². The normalized spacial score (nSPS) is 11.1. The molecule has 0 aliphatic heterocycles. The predicted octanol–water partition coefficient (Wildman–Crippen LogP) is 3.58. The topological polar surface area (TPSA) is 84.8 Å². The van der Waals surface area contributed by atoms with Crippen LogP contribution in [0.2, 0.25) is 0 Å². The van der Waals surface area contributed by atoms with Crippen molar-refractivity contribution in [3.63, 3.8) is 0 Å². The lowest BCUT2D eigenvalue weighted by atomic mass is 10.2. The summed E-state index contributed by atoms with van der Waals surface area (Å²) in [6, 6.07) is 7.16. The Morgan fingerprint density at radius 2 is 2.04 bits per heavy atom. The predicted molar refractivity (Wildman–Crippen MR) is 113 cm³/mol. The molecule has 4 aromatic rings. The van der Waals surface area contributed by atoms with Gasteiger partial charge in [0, 0.05) is 10.9 Å². The number of aromatic nitrogens is 2. The standard InChI is InChI=1S/C18H15N3O4S3/c1-24-12-6-10-11(7-13(12)25-2)21-15(20-16(10)22)14(28-18(21)26)17(23)19-8-9-4-3-5-27-9/h3-7H,8H2,1-2H3,(H,19,23)(H,20,22). The van der Waals surface area contributed by atoms with Crippen molar-refractivity contribution in [2.45, 2.75) is 6.54 Å². The summed E-state index contributed by atoms with van der Waals surface area (Å²) < 4.78 is 12.8. The van der Waals surface area contributed by atoms with Crippen molar-refractivity contribution >= 4 is 57.3 Å². The number of thiophene rings is 1. The zero-order chi connectivity index (χ0) is 19.8. The quantitative estimate of drug-likeness (QED) is 0.470. The number of nitrogens with one attached hydrogen (secondary N) is 2. The van der Waals surface area contributed by atoms with Crippen LogP contribution in [0.25, 0.3) is 16.6 Å². The number of ether oxygens (including phenoxy) is 2. The Morgan fingerprint density at radius 1 is 1.29 bits per heavy atom. The van der Waals surface area contributed by atoms with Crippen molar-refractivity contribution in [3.8, 4) is 11.5 Å². The molecule has 0 bridgehead atoms. The molecule has 0 unspecified atom stereocenters. The Hall–Kier alpha value is -2.69. The van der Waals surface area contributed by atoms with E-state index in [4.69, 9.17) is 21.7 Å². The Balaban J connectivity index is 1.87. The van der Waals surface area contributed by atoms with E-state index in [1.165, 1.54) is 14.2 Å². The van der Waals surface area contributed by atoms with E-state index in [9.17, 15) is 9.59 Å². The highest BCUT2D eigenvalue weighted by Crippen LogP contribution is 2.32. The Labute approximate surface area is 172 Å². The molecule has 0 radical (unpaired) electrons. The first-order valence-corrected chi connectivity index (χ1v) is 10.3. The van der Waals surface area contributed by atoms with Crippen LogP contribution in [0, 0.1) is 3.95 Å². The van der Waals surface area contributed by atoms with Crippen LogP contribution in [0.4, 0.5) is 0 Å². The van der Waals surface area contributed by atoms with Crippen LogP contribution >= 0.6 is 34.9 Å². The highest BCUT2D eigenvalue weighted by molar-refractivity contribution is 7.73. The number of fused-ring (bicyclic) bond motifs is 3. The van der Waals surface area contributed by atoms with Crippen LogP contribution in [0.5, 0.6) is 11.5 Å². The van der Waals surface area contributed by atoms with Crippen molar-refractivity contribution in [1.82, 2.24) is 14.7 Å². The largest absolute Gasteiger partial charge is 0.493 e. The number of hydrogen-bond donors (Lipinski definition) is 2. The molecule has 0 saturated carbocycles. The molecule has 1 aromatic carbocycles.